The smallest absolute Gasteiger partial charge is 0.00810 e. The molecule has 2 rings (SSSR count). The summed E-state index contributed by atoms with van der Waals surface area (Å²) in [6.45, 7) is 7.94. The molecule has 2 aromatic carbocycles. The highest BCUT2D eigenvalue weighted by molar-refractivity contribution is 8.00. The second-order valence-corrected chi connectivity index (χ2v) is 7.04. The van der Waals surface area contributed by atoms with E-state index < -0.39 is 0 Å². The normalized spacial score (nSPS) is 14.3. The molecule has 0 aliphatic heterocycles. The van der Waals surface area contributed by atoms with E-state index in [2.05, 4.69) is 68.6 Å². The molecule has 0 spiro atoms. The van der Waals surface area contributed by atoms with Gasteiger partial charge in [-0.05, 0) is 49.2 Å². The van der Waals surface area contributed by atoms with Crippen LogP contribution in [0, 0.1) is 0 Å². The highest BCUT2D eigenvalue weighted by atomic mass is 32.2. The SMILES string of the molecule is CCCNC(C)CC(C)Sc1ccc2ccccc2c1. The molecule has 0 aromatic heterocycles. The molecular weight excluding hydrogens is 262 g/mol. The summed E-state index contributed by atoms with van der Waals surface area (Å²) in [5, 5.41) is 6.86. The molecule has 0 bridgehead atoms. The predicted molar refractivity (Wildman–Crippen MR) is 91.6 cm³/mol. The van der Waals surface area contributed by atoms with Crippen molar-refractivity contribution < 1.29 is 0 Å². The minimum Gasteiger partial charge on any atom is -0.314 e. The summed E-state index contributed by atoms with van der Waals surface area (Å²) in [5.41, 5.74) is 0. The molecule has 0 fully saturated rings. The van der Waals surface area contributed by atoms with Crippen molar-refractivity contribution >= 4 is 22.5 Å². The maximum atomic E-state index is 3.57. The summed E-state index contributed by atoms with van der Waals surface area (Å²) in [5.74, 6) is 0. The van der Waals surface area contributed by atoms with Crippen LogP contribution < -0.4 is 5.32 Å². The number of nitrogens with one attached hydrogen (secondary N) is 1. The van der Waals surface area contributed by atoms with Crippen LogP contribution in [0.1, 0.15) is 33.6 Å². The van der Waals surface area contributed by atoms with Gasteiger partial charge in [-0.2, -0.15) is 0 Å². The van der Waals surface area contributed by atoms with E-state index in [-0.39, 0.29) is 0 Å². The Morgan fingerprint density at radius 3 is 2.55 bits per heavy atom. The Labute approximate surface area is 127 Å². The van der Waals surface area contributed by atoms with Crippen LogP contribution in [0.2, 0.25) is 0 Å². The maximum Gasteiger partial charge on any atom is 0.00810 e. The molecule has 0 aliphatic rings. The highest BCUT2D eigenvalue weighted by Crippen LogP contribution is 2.28. The van der Waals surface area contributed by atoms with E-state index in [1.807, 2.05) is 11.8 Å². The second kappa shape index (κ2) is 7.70. The van der Waals surface area contributed by atoms with Crippen LogP contribution in [-0.2, 0) is 0 Å². The van der Waals surface area contributed by atoms with Crippen molar-refractivity contribution in [1.82, 2.24) is 5.32 Å². The van der Waals surface area contributed by atoms with E-state index in [1.54, 1.807) is 0 Å². The maximum absolute atomic E-state index is 3.57. The van der Waals surface area contributed by atoms with Gasteiger partial charge in [0, 0.05) is 16.2 Å². The standard InChI is InChI=1S/C18H25NS/c1-4-11-19-14(2)12-15(3)20-18-10-9-16-7-5-6-8-17(16)13-18/h5-10,13-15,19H,4,11-12H2,1-3H3. The molecule has 1 N–H and O–H groups in total. The van der Waals surface area contributed by atoms with Crippen LogP contribution >= 0.6 is 11.8 Å². The third-order valence-corrected chi connectivity index (χ3v) is 4.61. The van der Waals surface area contributed by atoms with Crippen LogP contribution in [0.4, 0.5) is 0 Å². The third kappa shape index (κ3) is 4.53. The fourth-order valence-electron chi connectivity index (χ4n) is 2.49. The first-order valence-corrected chi connectivity index (χ1v) is 8.46. The number of thioether (sulfide) groups is 1. The van der Waals surface area contributed by atoms with Gasteiger partial charge in [-0.1, -0.05) is 44.2 Å². The Bertz CT molecular complexity index is 538. The van der Waals surface area contributed by atoms with Crippen molar-refractivity contribution in [3.05, 3.63) is 42.5 Å². The molecule has 0 heterocycles. The van der Waals surface area contributed by atoms with Crippen LogP contribution in [0.15, 0.2) is 47.4 Å². The first kappa shape index (κ1) is 15.4. The minimum absolute atomic E-state index is 0.595. The van der Waals surface area contributed by atoms with Gasteiger partial charge >= 0.3 is 0 Å². The van der Waals surface area contributed by atoms with Gasteiger partial charge in [-0.25, -0.2) is 0 Å². The number of benzene rings is 2. The Kier molecular flexibility index (Phi) is 5.93. The Morgan fingerprint density at radius 2 is 1.80 bits per heavy atom. The van der Waals surface area contributed by atoms with Gasteiger partial charge in [0.2, 0.25) is 0 Å². The summed E-state index contributed by atoms with van der Waals surface area (Å²) >= 11 is 1.98. The molecule has 0 radical (unpaired) electrons. The second-order valence-electron chi connectivity index (χ2n) is 5.53. The molecule has 2 unspecified atom stereocenters. The van der Waals surface area contributed by atoms with Crippen molar-refractivity contribution in [2.75, 3.05) is 6.54 Å². The van der Waals surface area contributed by atoms with Crippen LogP contribution in [-0.4, -0.2) is 17.8 Å². The quantitative estimate of drug-likeness (QED) is 0.711. The number of hydrogen-bond acceptors (Lipinski definition) is 2. The number of hydrogen-bond donors (Lipinski definition) is 1. The zero-order chi connectivity index (χ0) is 14.4. The van der Waals surface area contributed by atoms with Crippen molar-refractivity contribution in [2.45, 2.75) is 49.8 Å². The molecule has 1 nitrogen and oxygen atoms in total. The summed E-state index contributed by atoms with van der Waals surface area (Å²) in [7, 11) is 0. The largest absolute Gasteiger partial charge is 0.314 e. The van der Waals surface area contributed by atoms with Gasteiger partial charge in [0.15, 0.2) is 0 Å². The molecule has 2 atom stereocenters. The zero-order valence-corrected chi connectivity index (χ0v) is 13.5. The topological polar surface area (TPSA) is 12.0 Å². The van der Waals surface area contributed by atoms with Gasteiger partial charge in [-0.3, -0.25) is 0 Å². The lowest BCUT2D eigenvalue weighted by Gasteiger charge is -2.18. The lowest BCUT2D eigenvalue weighted by molar-refractivity contribution is 0.513. The summed E-state index contributed by atoms with van der Waals surface area (Å²) in [4.78, 5) is 1.37. The van der Waals surface area contributed by atoms with Crippen molar-refractivity contribution in [3.8, 4) is 0 Å². The molecule has 108 valence electrons. The number of fused-ring (bicyclic) bond motifs is 1. The van der Waals surface area contributed by atoms with Crippen LogP contribution in [0.25, 0.3) is 10.8 Å². The average molecular weight is 287 g/mol. The van der Waals surface area contributed by atoms with Gasteiger partial charge in [0.05, 0.1) is 0 Å². The summed E-state index contributed by atoms with van der Waals surface area (Å²) in [6, 6.07) is 15.9. The summed E-state index contributed by atoms with van der Waals surface area (Å²) in [6.07, 6.45) is 2.41. The first-order valence-electron chi connectivity index (χ1n) is 7.58. The van der Waals surface area contributed by atoms with Crippen molar-refractivity contribution in [3.63, 3.8) is 0 Å². The highest BCUT2D eigenvalue weighted by Gasteiger charge is 2.09. The number of rotatable bonds is 7. The fraction of sp³-hybridized carbons (Fsp3) is 0.444. The molecule has 0 saturated carbocycles. The predicted octanol–water partition coefficient (Wildman–Crippen LogP) is 5.10. The first-order chi connectivity index (χ1) is 9.69. The Balaban J connectivity index is 1.93. The van der Waals surface area contributed by atoms with E-state index in [0.29, 0.717) is 11.3 Å². The lowest BCUT2D eigenvalue weighted by atomic mass is 10.1. The van der Waals surface area contributed by atoms with Gasteiger partial charge in [-0.15, -0.1) is 11.8 Å². The monoisotopic (exact) mass is 287 g/mol. The molecule has 0 aliphatic carbocycles. The lowest BCUT2D eigenvalue weighted by Crippen LogP contribution is -2.29. The van der Waals surface area contributed by atoms with E-state index in [0.717, 1.165) is 6.54 Å². The van der Waals surface area contributed by atoms with Crippen LogP contribution in [0.5, 0.6) is 0 Å². The van der Waals surface area contributed by atoms with Crippen LogP contribution in [0.3, 0.4) is 0 Å². The van der Waals surface area contributed by atoms with Gasteiger partial charge in [0.25, 0.3) is 0 Å². The minimum atomic E-state index is 0.595. The molecular formula is C18H25NS. The Hall–Kier alpha value is -0.990. The van der Waals surface area contributed by atoms with Crippen molar-refractivity contribution in [1.29, 1.82) is 0 Å². The molecule has 2 aromatic rings. The summed E-state index contributed by atoms with van der Waals surface area (Å²) < 4.78 is 0. The average Bonchev–Trinajstić information content (AvgIpc) is 2.44. The van der Waals surface area contributed by atoms with E-state index in [4.69, 9.17) is 0 Å². The van der Waals surface area contributed by atoms with Gasteiger partial charge < -0.3 is 5.32 Å². The van der Waals surface area contributed by atoms with E-state index in [9.17, 15) is 0 Å². The molecule has 2 heteroatoms. The fourth-order valence-corrected chi connectivity index (χ4v) is 3.68. The Morgan fingerprint density at radius 1 is 1.05 bits per heavy atom. The van der Waals surface area contributed by atoms with Gasteiger partial charge in [0.1, 0.15) is 0 Å². The molecule has 0 amide bonds. The molecule has 20 heavy (non-hydrogen) atoms. The van der Waals surface area contributed by atoms with E-state index >= 15 is 0 Å². The van der Waals surface area contributed by atoms with Crippen molar-refractivity contribution in [2.24, 2.45) is 0 Å². The molecule has 0 saturated heterocycles. The third-order valence-electron chi connectivity index (χ3n) is 3.49. The van der Waals surface area contributed by atoms with E-state index in [1.165, 1.54) is 28.5 Å². The zero-order valence-electron chi connectivity index (χ0n) is 12.7.